The Morgan fingerprint density at radius 1 is 0.923 bits per heavy atom. The van der Waals surface area contributed by atoms with Crippen LogP contribution in [0.5, 0.6) is 17.2 Å². The molecule has 0 aliphatic rings. The fourth-order valence-corrected chi connectivity index (χ4v) is 5.12. The summed E-state index contributed by atoms with van der Waals surface area (Å²) in [4.78, 5) is 0. The molecule has 0 saturated carbocycles. The number of halogens is 1. The quantitative estimate of drug-likeness (QED) is 0.507. The van der Waals surface area contributed by atoms with Crippen LogP contribution in [-0.4, -0.2) is 28.1 Å². The zero-order chi connectivity index (χ0) is 19.3. The van der Waals surface area contributed by atoms with Gasteiger partial charge in [0.1, 0.15) is 17.2 Å². The van der Waals surface area contributed by atoms with Crippen molar-refractivity contribution in [2.45, 2.75) is 26.2 Å². The van der Waals surface area contributed by atoms with Gasteiger partial charge in [0.2, 0.25) is 0 Å². The van der Waals surface area contributed by atoms with E-state index in [0.29, 0.717) is 11.5 Å². The predicted octanol–water partition coefficient (Wildman–Crippen LogP) is 4.57. The Hall–Kier alpha value is -1.48. The van der Waals surface area contributed by atoms with Crippen LogP contribution < -0.4 is 24.8 Å². The molecule has 0 spiro atoms. The van der Waals surface area contributed by atoms with Crippen LogP contribution in [0.3, 0.4) is 0 Å². The number of hydrogen-bond acceptors (Lipinski definition) is 4. The van der Waals surface area contributed by atoms with E-state index in [2.05, 4.69) is 26.8 Å². The second kappa shape index (κ2) is 8.94. The number of rotatable bonds is 7. The Morgan fingerprint density at radius 3 is 2.00 bits per heavy atom. The van der Waals surface area contributed by atoms with E-state index >= 15 is 0 Å². The van der Waals surface area contributed by atoms with Gasteiger partial charge in [0.05, 0.1) is 26.8 Å². The maximum atomic E-state index is 6.99. The lowest BCUT2D eigenvalue weighted by Crippen LogP contribution is -2.21. The largest absolute Gasteiger partial charge is 0.496 e. The molecule has 0 aliphatic carbocycles. The van der Waals surface area contributed by atoms with Crippen molar-refractivity contribution in [3.63, 3.8) is 0 Å². The predicted molar refractivity (Wildman–Crippen MR) is 109 cm³/mol. The standard InChI is InChI=1S/C20H26ClO4P/c1-20(2,3)14-9-7-12-17(18(14)25-13-22-4)26(21)19-15(23-5)10-8-11-16(19)24-6/h7-12H,13H2,1-6H3. The lowest BCUT2D eigenvalue weighted by Gasteiger charge is -2.26. The molecule has 0 amide bonds. The highest BCUT2D eigenvalue weighted by Crippen LogP contribution is 2.49. The molecule has 0 bridgehead atoms. The first-order chi connectivity index (χ1) is 12.3. The zero-order valence-electron chi connectivity index (χ0n) is 16.1. The molecule has 0 fully saturated rings. The van der Waals surface area contributed by atoms with Crippen molar-refractivity contribution in [1.29, 1.82) is 0 Å². The van der Waals surface area contributed by atoms with Crippen molar-refractivity contribution >= 4 is 29.1 Å². The maximum absolute atomic E-state index is 6.99. The highest BCUT2D eigenvalue weighted by atomic mass is 35.7. The van der Waals surface area contributed by atoms with Crippen LogP contribution in [0.4, 0.5) is 0 Å². The molecule has 2 aromatic rings. The minimum Gasteiger partial charge on any atom is -0.496 e. The minimum absolute atomic E-state index is 0.100. The Morgan fingerprint density at radius 2 is 1.50 bits per heavy atom. The van der Waals surface area contributed by atoms with Crippen LogP contribution in [0.1, 0.15) is 26.3 Å². The molecule has 0 saturated heterocycles. The van der Waals surface area contributed by atoms with Crippen LogP contribution >= 0.6 is 18.5 Å². The molecule has 1 unspecified atom stereocenters. The summed E-state index contributed by atoms with van der Waals surface area (Å²) in [6.45, 7) is 6.59. The van der Waals surface area contributed by atoms with Crippen LogP contribution in [0.25, 0.3) is 0 Å². The Bertz CT molecular complexity index is 721. The van der Waals surface area contributed by atoms with Crippen LogP contribution in [0.15, 0.2) is 36.4 Å². The fourth-order valence-electron chi connectivity index (χ4n) is 2.69. The van der Waals surface area contributed by atoms with E-state index in [0.717, 1.165) is 21.9 Å². The average Bonchev–Trinajstić information content (AvgIpc) is 2.63. The lowest BCUT2D eigenvalue weighted by molar-refractivity contribution is 0.0506. The minimum atomic E-state index is -1.28. The second-order valence-electron chi connectivity index (χ2n) is 6.75. The lowest BCUT2D eigenvalue weighted by atomic mass is 9.86. The summed E-state index contributed by atoms with van der Waals surface area (Å²) in [5.74, 6) is 2.16. The van der Waals surface area contributed by atoms with Gasteiger partial charge >= 0.3 is 0 Å². The van der Waals surface area contributed by atoms with Gasteiger partial charge in [-0.25, -0.2) is 0 Å². The SMILES string of the molecule is COCOc1c(P(Cl)c2c(OC)cccc2OC)cccc1C(C)(C)C. The highest BCUT2D eigenvalue weighted by Gasteiger charge is 2.28. The van der Waals surface area contributed by atoms with Gasteiger partial charge in [0.15, 0.2) is 6.79 Å². The van der Waals surface area contributed by atoms with Crippen molar-refractivity contribution in [2.75, 3.05) is 28.1 Å². The number of hydrogen-bond donors (Lipinski definition) is 0. The zero-order valence-corrected chi connectivity index (χ0v) is 17.8. The number of benzene rings is 2. The van der Waals surface area contributed by atoms with Gasteiger partial charge in [-0.1, -0.05) is 50.2 Å². The average molecular weight is 397 g/mol. The normalized spacial score (nSPS) is 12.6. The van der Waals surface area contributed by atoms with Gasteiger partial charge in [-0.15, -0.1) is 0 Å². The summed E-state index contributed by atoms with van der Waals surface area (Å²) in [5, 5.41) is 1.75. The van der Waals surface area contributed by atoms with Crippen molar-refractivity contribution in [3.8, 4) is 17.2 Å². The molecule has 2 rings (SSSR count). The third-order valence-corrected chi connectivity index (χ3v) is 6.60. The van der Waals surface area contributed by atoms with Gasteiger partial charge < -0.3 is 18.9 Å². The summed E-state index contributed by atoms with van der Waals surface area (Å²) >= 11 is 6.99. The van der Waals surface area contributed by atoms with E-state index in [1.54, 1.807) is 21.3 Å². The van der Waals surface area contributed by atoms with E-state index in [4.69, 9.17) is 30.2 Å². The topological polar surface area (TPSA) is 36.9 Å². The Kier molecular flexibility index (Phi) is 7.16. The molecule has 0 aliphatic heterocycles. The molecule has 142 valence electrons. The van der Waals surface area contributed by atoms with Crippen LogP contribution in [0.2, 0.25) is 0 Å². The molecule has 0 heterocycles. The molecule has 6 heteroatoms. The summed E-state index contributed by atoms with van der Waals surface area (Å²) < 4.78 is 22.2. The Labute approximate surface area is 161 Å². The van der Waals surface area contributed by atoms with Gasteiger partial charge in [0, 0.05) is 18.0 Å². The maximum Gasteiger partial charge on any atom is 0.188 e. The Balaban J connectivity index is 2.65. The first-order valence-electron chi connectivity index (χ1n) is 8.27. The first kappa shape index (κ1) is 20.8. The van der Waals surface area contributed by atoms with Crippen molar-refractivity contribution in [2.24, 2.45) is 0 Å². The third kappa shape index (κ3) is 4.43. The van der Waals surface area contributed by atoms with Crippen LogP contribution in [0, 0.1) is 0 Å². The van der Waals surface area contributed by atoms with E-state index in [-0.39, 0.29) is 12.2 Å². The molecular weight excluding hydrogens is 371 g/mol. The van der Waals surface area contributed by atoms with E-state index in [1.807, 2.05) is 30.3 Å². The van der Waals surface area contributed by atoms with Crippen molar-refractivity contribution in [1.82, 2.24) is 0 Å². The summed E-state index contributed by atoms with van der Waals surface area (Å²) in [6, 6.07) is 11.7. The van der Waals surface area contributed by atoms with E-state index in [1.165, 1.54) is 0 Å². The van der Waals surface area contributed by atoms with E-state index < -0.39 is 7.27 Å². The molecule has 2 aromatic carbocycles. The fraction of sp³-hybridized carbons (Fsp3) is 0.400. The molecule has 0 radical (unpaired) electrons. The number of ether oxygens (including phenoxy) is 4. The molecular formula is C20H26ClO4P. The first-order valence-corrected chi connectivity index (χ1v) is 10.5. The summed E-state index contributed by atoms with van der Waals surface area (Å²) in [7, 11) is 3.58. The number of para-hydroxylation sites is 1. The van der Waals surface area contributed by atoms with Crippen molar-refractivity contribution < 1.29 is 18.9 Å². The smallest absolute Gasteiger partial charge is 0.188 e. The van der Waals surface area contributed by atoms with Gasteiger partial charge in [0.25, 0.3) is 0 Å². The third-order valence-electron chi connectivity index (χ3n) is 3.93. The van der Waals surface area contributed by atoms with Gasteiger partial charge in [-0.3, -0.25) is 0 Å². The monoisotopic (exact) mass is 396 g/mol. The summed E-state index contributed by atoms with van der Waals surface area (Å²) in [5.41, 5.74) is 0.978. The van der Waals surface area contributed by atoms with E-state index in [9.17, 15) is 0 Å². The number of methoxy groups -OCH3 is 3. The molecule has 4 nitrogen and oxygen atoms in total. The molecule has 0 N–H and O–H groups in total. The summed E-state index contributed by atoms with van der Waals surface area (Å²) in [6.07, 6.45) is 0. The molecule has 26 heavy (non-hydrogen) atoms. The highest BCUT2D eigenvalue weighted by molar-refractivity contribution is 7.96. The van der Waals surface area contributed by atoms with Gasteiger partial charge in [-0.05, 0) is 23.6 Å². The van der Waals surface area contributed by atoms with Crippen LogP contribution in [-0.2, 0) is 10.2 Å². The van der Waals surface area contributed by atoms with Crippen molar-refractivity contribution in [3.05, 3.63) is 42.0 Å². The van der Waals surface area contributed by atoms with Gasteiger partial charge in [-0.2, -0.15) is 0 Å². The molecule has 1 atom stereocenters. The second-order valence-corrected chi connectivity index (χ2v) is 9.25. The molecule has 0 aromatic heterocycles.